The number of aromatic nitrogens is 1. The third-order valence-corrected chi connectivity index (χ3v) is 3.81. The third-order valence-electron chi connectivity index (χ3n) is 3.06. The maximum Gasteiger partial charge on any atom is 0.447 e. The van der Waals surface area contributed by atoms with E-state index in [0.717, 1.165) is 12.3 Å². The first kappa shape index (κ1) is 21.3. The van der Waals surface area contributed by atoms with Crippen molar-refractivity contribution in [3.05, 3.63) is 57.8 Å². The molecule has 0 saturated carbocycles. The quantitative estimate of drug-likeness (QED) is 0.319. The number of rotatable bonds is 5. The van der Waals surface area contributed by atoms with Gasteiger partial charge in [0.05, 0.1) is 16.1 Å². The first-order chi connectivity index (χ1) is 12.9. The SMILES string of the molecule is O=C(NNc1ccc(C(F)(F)F)cc1[N+](=O)[O-])c1cccnc1SC(F)(F)F. The molecule has 0 bridgehead atoms. The van der Waals surface area contributed by atoms with Gasteiger partial charge in [-0.15, -0.1) is 0 Å². The molecule has 0 atom stereocenters. The van der Waals surface area contributed by atoms with Gasteiger partial charge in [-0.3, -0.25) is 25.8 Å². The van der Waals surface area contributed by atoms with E-state index < -0.39 is 61.8 Å². The fraction of sp³-hybridized carbons (Fsp3) is 0.143. The number of thioether (sulfide) groups is 1. The number of carbonyl (C=O) groups is 1. The summed E-state index contributed by atoms with van der Waals surface area (Å²) in [7, 11) is 0. The molecule has 2 aromatic rings. The first-order valence-corrected chi connectivity index (χ1v) is 7.83. The predicted octanol–water partition coefficient (Wildman–Crippen LogP) is 4.38. The van der Waals surface area contributed by atoms with Gasteiger partial charge in [-0.05, 0) is 24.3 Å². The summed E-state index contributed by atoms with van der Waals surface area (Å²) in [6.07, 6.45) is -3.80. The number of hydrogen-bond acceptors (Lipinski definition) is 6. The van der Waals surface area contributed by atoms with E-state index in [1.165, 1.54) is 6.07 Å². The van der Waals surface area contributed by atoms with Crippen LogP contribution in [0.25, 0.3) is 0 Å². The Morgan fingerprint density at radius 3 is 2.39 bits per heavy atom. The number of benzene rings is 1. The summed E-state index contributed by atoms with van der Waals surface area (Å²) in [4.78, 5) is 25.4. The number of nitrogens with zero attached hydrogens (tertiary/aromatic N) is 2. The molecule has 0 fully saturated rings. The molecule has 0 unspecified atom stereocenters. The van der Waals surface area contributed by atoms with Crippen molar-refractivity contribution in [3.8, 4) is 0 Å². The Morgan fingerprint density at radius 1 is 1.14 bits per heavy atom. The number of halogens is 6. The summed E-state index contributed by atoms with van der Waals surface area (Å²) in [6, 6.07) is 3.71. The first-order valence-electron chi connectivity index (χ1n) is 7.01. The van der Waals surface area contributed by atoms with Crippen molar-refractivity contribution in [2.45, 2.75) is 16.7 Å². The fourth-order valence-corrected chi connectivity index (χ4v) is 2.51. The second-order valence-electron chi connectivity index (χ2n) is 4.97. The van der Waals surface area contributed by atoms with Crippen LogP contribution in [0.1, 0.15) is 15.9 Å². The average Bonchev–Trinajstić information content (AvgIpc) is 2.57. The highest BCUT2D eigenvalue weighted by molar-refractivity contribution is 8.00. The Labute approximate surface area is 156 Å². The van der Waals surface area contributed by atoms with Gasteiger partial charge < -0.3 is 0 Å². The number of amides is 1. The Morgan fingerprint density at radius 2 is 1.82 bits per heavy atom. The van der Waals surface area contributed by atoms with E-state index in [1.807, 2.05) is 10.9 Å². The van der Waals surface area contributed by atoms with Crippen LogP contribution in [0.3, 0.4) is 0 Å². The molecule has 28 heavy (non-hydrogen) atoms. The molecule has 0 radical (unpaired) electrons. The van der Waals surface area contributed by atoms with Crippen molar-refractivity contribution in [2.24, 2.45) is 0 Å². The number of alkyl halides is 6. The number of nitrogens with one attached hydrogen (secondary N) is 2. The Hall–Kier alpha value is -3.03. The third kappa shape index (κ3) is 5.48. The highest BCUT2D eigenvalue weighted by Gasteiger charge is 2.34. The predicted molar refractivity (Wildman–Crippen MR) is 85.3 cm³/mol. The van der Waals surface area contributed by atoms with Gasteiger partial charge in [0.1, 0.15) is 10.7 Å². The van der Waals surface area contributed by atoms with E-state index in [1.54, 1.807) is 0 Å². The fourth-order valence-electron chi connectivity index (χ4n) is 1.91. The van der Waals surface area contributed by atoms with Crippen LogP contribution in [-0.2, 0) is 6.18 Å². The molecule has 2 N–H and O–H groups in total. The van der Waals surface area contributed by atoms with Crippen molar-refractivity contribution in [1.82, 2.24) is 10.4 Å². The number of anilines is 1. The van der Waals surface area contributed by atoms with Crippen molar-refractivity contribution in [1.29, 1.82) is 0 Å². The molecule has 150 valence electrons. The Bertz CT molecular complexity index is 903. The molecule has 1 aromatic heterocycles. The van der Waals surface area contributed by atoms with Gasteiger partial charge in [0, 0.05) is 24.0 Å². The number of pyridine rings is 1. The van der Waals surface area contributed by atoms with Crippen molar-refractivity contribution in [3.63, 3.8) is 0 Å². The van der Waals surface area contributed by atoms with Crippen LogP contribution in [0.15, 0.2) is 41.6 Å². The summed E-state index contributed by atoms with van der Waals surface area (Å²) in [5, 5.41) is 10.3. The standard InChI is InChI=1S/C14H8F6N4O3S/c15-13(16,17)7-3-4-9(10(6-7)24(26)27)22-23-11(25)8-2-1-5-21-12(8)28-14(18,19)20/h1-6,22H,(H,23,25). The molecule has 2 rings (SSSR count). The molecule has 0 aliphatic heterocycles. The molecule has 1 heterocycles. The molecule has 0 spiro atoms. The van der Waals surface area contributed by atoms with Gasteiger partial charge >= 0.3 is 11.7 Å². The van der Waals surface area contributed by atoms with Crippen LogP contribution in [0.2, 0.25) is 0 Å². The van der Waals surface area contributed by atoms with Gasteiger partial charge in [-0.25, -0.2) is 4.98 Å². The molecular formula is C14H8F6N4O3S. The maximum absolute atomic E-state index is 12.7. The highest BCUT2D eigenvalue weighted by Crippen LogP contribution is 2.37. The van der Waals surface area contributed by atoms with Gasteiger partial charge in [-0.2, -0.15) is 26.3 Å². The topological polar surface area (TPSA) is 97.2 Å². The molecule has 0 aliphatic carbocycles. The molecule has 14 heteroatoms. The number of nitro benzene ring substituents is 1. The average molecular weight is 426 g/mol. The van der Waals surface area contributed by atoms with Crippen LogP contribution >= 0.6 is 11.8 Å². The van der Waals surface area contributed by atoms with Crippen LogP contribution in [0.4, 0.5) is 37.7 Å². The van der Waals surface area contributed by atoms with E-state index in [2.05, 4.69) is 4.98 Å². The molecule has 0 saturated heterocycles. The zero-order chi connectivity index (χ0) is 21.1. The normalized spacial score (nSPS) is 11.8. The van der Waals surface area contributed by atoms with E-state index in [-0.39, 0.29) is 6.07 Å². The zero-order valence-electron chi connectivity index (χ0n) is 13.3. The highest BCUT2D eigenvalue weighted by atomic mass is 32.2. The maximum atomic E-state index is 12.7. The van der Waals surface area contributed by atoms with E-state index in [9.17, 15) is 41.3 Å². The number of carbonyl (C=O) groups excluding carboxylic acids is 1. The molecule has 7 nitrogen and oxygen atoms in total. The van der Waals surface area contributed by atoms with Crippen molar-refractivity contribution >= 4 is 29.0 Å². The van der Waals surface area contributed by atoms with Crippen molar-refractivity contribution in [2.75, 3.05) is 5.43 Å². The number of hydrazine groups is 1. The van der Waals surface area contributed by atoms with Gasteiger partial charge in [0.2, 0.25) is 0 Å². The lowest BCUT2D eigenvalue weighted by molar-refractivity contribution is -0.384. The van der Waals surface area contributed by atoms with Gasteiger partial charge in [0.25, 0.3) is 11.6 Å². The molecular weight excluding hydrogens is 418 g/mol. The second kappa shape index (κ2) is 7.92. The van der Waals surface area contributed by atoms with E-state index >= 15 is 0 Å². The minimum absolute atomic E-state index is 0.253. The lowest BCUT2D eigenvalue weighted by Crippen LogP contribution is -2.30. The number of hydrogen-bond donors (Lipinski definition) is 2. The van der Waals surface area contributed by atoms with Gasteiger partial charge in [0.15, 0.2) is 0 Å². The Balaban J connectivity index is 2.23. The minimum Gasteiger partial charge on any atom is -0.292 e. The van der Waals surface area contributed by atoms with Gasteiger partial charge in [-0.1, -0.05) is 0 Å². The Kier molecular flexibility index (Phi) is 6.01. The zero-order valence-corrected chi connectivity index (χ0v) is 14.1. The van der Waals surface area contributed by atoms with Crippen molar-refractivity contribution < 1.29 is 36.1 Å². The van der Waals surface area contributed by atoms with E-state index in [0.29, 0.717) is 12.1 Å². The molecule has 1 aromatic carbocycles. The van der Waals surface area contributed by atoms with Crippen LogP contribution in [0, 0.1) is 10.1 Å². The summed E-state index contributed by atoms with van der Waals surface area (Å²) in [5.41, 5.74) is -4.06. The van der Waals surface area contributed by atoms with Crippen LogP contribution < -0.4 is 10.9 Å². The van der Waals surface area contributed by atoms with Crippen LogP contribution in [-0.4, -0.2) is 21.3 Å². The smallest absolute Gasteiger partial charge is 0.292 e. The summed E-state index contributed by atoms with van der Waals surface area (Å²) in [6.45, 7) is 0. The van der Waals surface area contributed by atoms with E-state index in [4.69, 9.17) is 0 Å². The minimum atomic E-state index is -4.83. The summed E-state index contributed by atoms with van der Waals surface area (Å²) < 4.78 is 75.6. The summed E-state index contributed by atoms with van der Waals surface area (Å²) in [5.74, 6) is -1.13. The lowest BCUT2D eigenvalue weighted by atomic mass is 10.1. The number of nitro groups is 1. The monoisotopic (exact) mass is 426 g/mol. The second-order valence-corrected chi connectivity index (χ2v) is 6.02. The summed E-state index contributed by atoms with van der Waals surface area (Å²) >= 11 is -0.643. The molecule has 1 amide bonds. The molecule has 0 aliphatic rings. The lowest BCUT2D eigenvalue weighted by Gasteiger charge is -2.13. The largest absolute Gasteiger partial charge is 0.447 e. The van der Waals surface area contributed by atoms with Crippen LogP contribution in [0.5, 0.6) is 0 Å².